The summed E-state index contributed by atoms with van der Waals surface area (Å²) < 4.78 is 25.4. The third-order valence-electron chi connectivity index (χ3n) is 4.63. The van der Waals surface area contributed by atoms with Crippen LogP contribution in [0.2, 0.25) is 0 Å². The number of carbonyl (C=O) groups excluding carboxylic acids is 1. The second-order valence-corrected chi connectivity index (χ2v) is 8.25. The highest BCUT2D eigenvalue weighted by atomic mass is 32.2. The summed E-state index contributed by atoms with van der Waals surface area (Å²) in [6, 6.07) is 4.12. The van der Waals surface area contributed by atoms with E-state index >= 15 is 0 Å². The van der Waals surface area contributed by atoms with E-state index in [1.807, 2.05) is 0 Å². The molecule has 8 heteroatoms. The highest BCUT2D eigenvalue weighted by molar-refractivity contribution is 7.93. The number of hydrogen-bond donors (Lipinski definition) is 1. The molecule has 0 saturated carbocycles. The van der Waals surface area contributed by atoms with E-state index < -0.39 is 22.0 Å². The Kier molecular flexibility index (Phi) is 4.25. The first kappa shape index (κ1) is 16.8. The number of hydrogen-bond acceptors (Lipinski definition) is 4. The molecule has 7 nitrogen and oxygen atoms in total. The van der Waals surface area contributed by atoms with E-state index in [1.165, 1.54) is 9.21 Å². The van der Waals surface area contributed by atoms with Crippen molar-refractivity contribution < 1.29 is 23.1 Å². The van der Waals surface area contributed by atoms with Crippen LogP contribution < -0.4 is 4.31 Å². The molecule has 1 aromatic carbocycles. The molecule has 0 aliphatic carbocycles. The Labute approximate surface area is 140 Å². The molecule has 0 bridgehead atoms. The second-order valence-electron chi connectivity index (χ2n) is 6.24. The fraction of sp³-hybridized carbons (Fsp3) is 0.500. The maximum absolute atomic E-state index is 12.7. The summed E-state index contributed by atoms with van der Waals surface area (Å²) in [7, 11) is -3.27. The van der Waals surface area contributed by atoms with Gasteiger partial charge in [-0.15, -0.1) is 0 Å². The van der Waals surface area contributed by atoms with E-state index in [2.05, 4.69) is 0 Å². The lowest BCUT2D eigenvalue weighted by Crippen LogP contribution is -2.40. The number of aryl methyl sites for hydroxylation is 1. The number of amides is 1. The zero-order valence-electron chi connectivity index (χ0n) is 13.4. The lowest BCUT2D eigenvalue weighted by Gasteiger charge is -2.23. The van der Waals surface area contributed by atoms with Crippen LogP contribution in [0.15, 0.2) is 18.2 Å². The molecule has 2 aliphatic heterocycles. The minimum Gasteiger partial charge on any atom is -0.480 e. The Balaban J connectivity index is 1.88. The summed E-state index contributed by atoms with van der Waals surface area (Å²) in [4.78, 5) is 25.3. The van der Waals surface area contributed by atoms with Gasteiger partial charge in [0.15, 0.2) is 0 Å². The van der Waals surface area contributed by atoms with Crippen LogP contribution in [-0.2, 0) is 14.8 Å². The Hall–Kier alpha value is -2.09. The first-order valence-corrected chi connectivity index (χ1v) is 9.57. The number of likely N-dealkylation sites (tertiary alicyclic amines) is 1. The SMILES string of the molecule is Cc1cc(N2CCCS2(=O)=O)ccc1C(=O)N1CCC[C@H]1C(=O)O. The molecule has 24 heavy (non-hydrogen) atoms. The number of carboxylic acids is 1. The van der Waals surface area contributed by atoms with Crippen molar-refractivity contribution in [1.29, 1.82) is 0 Å². The van der Waals surface area contributed by atoms with Gasteiger partial charge in [-0.1, -0.05) is 0 Å². The number of nitrogens with zero attached hydrogens (tertiary/aromatic N) is 2. The monoisotopic (exact) mass is 352 g/mol. The molecule has 0 radical (unpaired) electrons. The second kappa shape index (κ2) is 6.08. The number of benzene rings is 1. The minimum absolute atomic E-state index is 0.140. The van der Waals surface area contributed by atoms with Crippen LogP contribution in [-0.4, -0.2) is 55.2 Å². The van der Waals surface area contributed by atoms with Crippen molar-refractivity contribution in [2.75, 3.05) is 23.1 Å². The van der Waals surface area contributed by atoms with Gasteiger partial charge < -0.3 is 10.0 Å². The third kappa shape index (κ3) is 2.86. The van der Waals surface area contributed by atoms with Gasteiger partial charge in [0.25, 0.3) is 5.91 Å². The molecule has 1 N–H and O–H groups in total. The average molecular weight is 352 g/mol. The van der Waals surface area contributed by atoms with Crippen molar-refractivity contribution in [3.63, 3.8) is 0 Å². The summed E-state index contributed by atoms with van der Waals surface area (Å²) in [6.07, 6.45) is 1.73. The van der Waals surface area contributed by atoms with E-state index in [-0.39, 0.29) is 11.7 Å². The highest BCUT2D eigenvalue weighted by Gasteiger charge is 2.35. The van der Waals surface area contributed by atoms with Crippen LogP contribution in [0.3, 0.4) is 0 Å². The van der Waals surface area contributed by atoms with Crippen molar-refractivity contribution in [1.82, 2.24) is 4.90 Å². The van der Waals surface area contributed by atoms with E-state index in [1.54, 1.807) is 25.1 Å². The summed E-state index contributed by atoms with van der Waals surface area (Å²) in [5, 5.41) is 9.23. The highest BCUT2D eigenvalue weighted by Crippen LogP contribution is 2.28. The van der Waals surface area contributed by atoms with Crippen molar-refractivity contribution in [2.45, 2.75) is 32.2 Å². The lowest BCUT2D eigenvalue weighted by molar-refractivity contribution is -0.141. The van der Waals surface area contributed by atoms with Crippen LogP contribution in [0.1, 0.15) is 35.2 Å². The van der Waals surface area contributed by atoms with Crippen molar-refractivity contribution in [2.24, 2.45) is 0 Å². The molecule has 1 amide bonds. The number of anilines is 1. The van der Waals surface area contributed by atoms with Gasteiger partial charge in [0.1, 0.15) is 6.04 Å². The van der Waals surface area contributed by atoms with Gasteiger partial charge >= 0.3 is 5.97 Å². The minimum atomic E-state index is -3.27. The summed E-state index contributed by atoms with van der Waals surface area (Å²) in [5.74, 6) is -1.16. The van der Waals surface area contributed by atoms with Crippen molar-refractivity contribution >= 4 is 27.6 Å². The molecule has 1 atom stereocenters. The molecule has 3 rings (SSSR count). The molecule has 2 heterocycles. The van der Waals surface area contributed by atoms with Crippen molar-refractivity contribution in [3.05, 3.63) is 29.3 Å². The van der Waals surface area contributed by atoms with Crippen LogP contribution in [0.25, 0.3) is 0 Å². The standard InChI is InChI=1S/C16H20N2O5S/c1-11-10-12(18-8-3-9-24(18,22)23)5-6-13(11)15(19)17-7-2-4-14(17)16(20)21/h5-6,10,14H,2-4,7-9H2,1H3,(H,20,21)/t14-/m0/s1. The number of sulfonamides is 1. The van der Waals surface area contributed by atoms with E-state index in [0.717, 1.165) is 0 Å². The number of carboxylic acid groups (broad SMARTS) is 1. The maximum Gasteiger partial charge on any atom is 0.326 e. The normalized spacial score (nSPS) is 22.8. The Morgan fingerprint density at radius 1 is 1.21 bits per heavy atom. The Morgan fingerprint density at radius 3 is 2.54 bits per heavy atom. The van der Waals surface area contributed by atoms with Gasteiger partial charge in [0.05, 0.1) is 11.4 Å². The van der Waals surface area contributed by atoms with Gasteiger partial charge in [-0.3, -0.25) is 9.10 Å². The van der Waals surface area contributed by atoms with Crippen LogP contribution in [0.5, 0.6) is 0 Å². The fourth-order valence-electron chi connectivity index (χ4n) is 3.39. The number of rotatable bonds is 3. The zero-order valence-corrected chi connectivity index (χ0v) is 14.3. The smallest absolute Gasteiger partial charge is 0.326 e. The summed E-state index contributed by atoms with van der Waals surface area (Å²) in [5.41, 5.74) is 1.62. The third-order valence-corrected chi connectivity index (χ3v) is 6.50. The zero-order chi connectivity index (χ0) is 17.5. The predicted molar refractivity (Wildman–Crippen MR) is 88.6 cm³/mol. The van der Waals surface area contributed by atoms with Gasteiger partial charge in [-0.2, -0.15) is 0 Å². The quantitative estimate of drug-likeness (QED) is 0.883. The fourth-order valence-corrected chi connectivity index (χ4v) is 4.95. The molecule has 0 spiro atoms. The van der Waals surface area contributed by atoms with Gasteiger partial charge in [0.2, 0.25) is 10.0 Å². The molecule has 0 aromatic heterocycles. The van der Waals surface area contributed by atoms with Gasteiger partial charge in [-0.25, -0.2) is 13.2 Å². The summed E-state index contributed by atoms with van der Waals surface area (Å²) >= 11 is 0. The molecule has 130 valence electrons. The average Bonchev–Trinajstić information content (AvgIpc) is 3.12. The van der Waals surface area contributed by atoms with E-state index in [9.17, 15) is 23.1 Å². The molecule has 2 fully saturated rings. The molecular weight excluding hydrogens is 332 g/mol. The largest absolute Gasteiger partial charge is 0.480 e. The summed E-state index contributed by atoms with van der Waals surface area (Å²) in [6.45, 7) is 2.62. The Bertz CT molecular complexity index is 790. The first-order chi connectivity index (χ1) is 11.3. The predicted octanol–water partition coefficient (Wildman–Crippen LogP) is 1.22. The van der Waals surface area contributed by atoms with Crippen molar-refractivity contribution in [3.8, 4) is 0 Å². The molecular formula is C16H20N2O5S. The van der Waals surface area contributed by atoms with E-state index in [0.29, 0.717) is 49.2 Å². The Morgan fingerprint density at radius 2 is 1.96 bits per heavy atom. The van der Waals surface area contributed by atoms with E-state index in [4.69, 9.17) is 0 Å². The van der Waals surface area contributed by atoms with Crippen LogP contribution >= 0.6 is 0 Å². The molecule has 2 saturated heterocycles. The van der Waals surface area contributed by atoms with Crippen LogP contribution in [0, 0.1) is 6.92 Å². The van der Waals surface area contributed by atoms with Gasteiger partial charge in [-0.05, 0) is 49.9 Å². The molecule has 0 unspecified atom stereocenters. The topological polar surface area (TPSA) is 95.0 Å². The number of carbonyl (C=O) groups is 2. The van der Waals surface area contributed by atoms with Crippen LogP contribution in [0.4, 0.5) is 5.69 Å². The molecule has 1 aromatic rings. The first-order valence-electron chi connectivity index (χ1n) is 7.96. The maximum atomic E-state index is 12.7. The van der Waals surface area contributed by atoms with Gasteiger partial charge in [0, 0.05) is 18.7 Å². The number of aliphatic carboxylic acids is 1. The lowest BCUT2D eigenvalue weighted by atomic mass is 10.1. The molecule has 2 aliphatic rings.